The third-order valence-electron chi connectivity index (χ3n) is 3.71. The third-order valence-corrected chi connectivity index (χ3v) is 4.67. The van der Waals surface area contributed by atoms with Crippen molar-refractivity contribution >= 4 is 15.7 Å². The molecule has 1 aliphatic heterocycles. The highest BCUT2D eigenvalue weighted by molar-refractivity contribution is 7.89. The smallest absolute Gasteiger partial charge is 0.240 e. The molecule has 0 bridgehead atoms. The van der Waals surface area contributed by atoms with Crippen LogP contribution in [-0.4, -0.2) is 34.6 Å². The van der Waals surface area contributed by atoms with Crippen molar-refractivity contribution in [3.63, 3.8) is 0 Å². The molecule has 3 N–H and O–H groups in total. The van der Waals surface area contributed by atoms with Crippen LogP contribution in [0.5, 0.6) is 0 Å². The van der Waals surface area contributed by atoms with Gasteiger partial charge in [0.1, 0.15) is 4.90 Å². The van der Waals surface area contributed by atoms with Crippen LogP contribution in [0, 0.1) is 5.92 Å². The van der Waals surface area contributed by atoms with Crippen LogP contribution < -0.4 is 15.4 Å². The largest absolute Gasteiger partial charge is 0.370 e. The number of anilines is 1. The molecule has 6 heteroatoms. The number of hydrogen-bond donors (Lipinski definition) is 2. The first kappa shape index (κ1) is 15.3. The van der Waals surface area contributed by atoms with Crippen molar-refractivity contribution in [2.45, 2.75) is 24.7 Å². The zero-order valence-corrected chi connectivity index (χ0v) is 12.7. The topological polar surface area (TPSA) is 75.4 Å². The van der Waals surface area contributed by atoms with Crippen molar-refractivity contribution in [1.82, 2.24) is 5.32 Å². The van der Waals surface area contributed by atoms with Gasteiger partial charge in [-0.25, -0.2) is 13.6 Å². The molecule has 2 rings (SSSR count). The van der Waals surface area contributed by atoms with Crippen LogP contribution in [0.4, 0.5) is 5.69 Å². The van der Waals surface area contributed by atoms with Gasteiger partial charge in [-0.05, 0) is 44.0 Å². The third kappa shape index (κ3) is 3.71. The Bertz CT molecular complexity index is 545. The number of para-hydroxylation sites is 1. The molecule has 112 valence electrons. The van der Waals surface area contributed by atoms with E-state index in [9.17, 15) is 8.42 Å². The Labute approximate surface area is 121 Å². The van der Waals surface area contributed by atoms with Gasteiger partial charge in [-0.15, -0.1) is 0 Å². The molecule has 1 aromatic rings. The van der Waals surface area contributed by atoms with E-state index >= 15 is 0 Å². The minimum atomic E-state index is -3.67. The highest BCUT2D eigenvalue weighted by Crippen LogP contribution is 2.28. The van der Waals surface area contributed by atoms with E-state index in [1.807, 2.05) is 12.1 Å². The number of piperidine rings is 1. The molecule has 1 heterocycles. The van der Waals surface area contributed by atoms with E-state index in [1.54, 1.807) is 12.1 Å². The summed E-state index contributed by atoms with van der Waals surface area (Å²) in [6.07, 6.45) is 2.26. The van der Waals surface area contributed by atoms with Gasteiger partial charge in [0, 0.05) is 13.1 Å². The highest BCUT2D eigenvalue weighted by Gasteiger charge is 2.24. The predicted octanol–water partition coefficient (Wildman–Crippen LogP) is 1.16. The lowest BCUT2D eigenvalue weighted by Gasteiger charge is -2.35. The number of hydrogen-bond acceptors (Lipinski definition) is 4. The Balaban J connectivity index is 2.19. The molecule has 0 spiro atoms. The van der Waals surface area contributed by atoms with Crippen LogP contribution in [0.25, 0.3) is 0 Å². The first-order chi connectivity index (χ1) is 9.52. The van der Waals surface area contributed by atoms with E-state index in [2.05, 4.69) is 17.1 Å². The average molecular weight is 297 g/mol. The lowest BCUT2D eigenvalue weighted by molar-refractivity contribution is 0.394. The van der Waals surface area contributed by atoms with Crippen LogP contribution in [-0.2, 0) is 10.0 Å². The maximum Gasteiger partial charge on any atom is 0.240 e. The Morgan fingerprint density at radius 1 is 1.40 bits per heavy atom. The van der Waals surface area contributed by atoms with Crippen molar-refractivity contribution < 1.29 is 8.42 Å². The van der Waals surface area contributed by atoms with Gasteiger partial charge in [0.25, 0.3) is 0 Å². The van der Waals surface area contributed by atoms with E-state index in [-0.39, 0.29) is 4.90 Å². The lowest BCUT2D eigenvalue weighted by atomic mass is 9.97. The summed E-state index contributed by atoms with van der Waals surface area (Å²) in [6, 6.07) is 7.00. The SMILES string of the molecule is CCNCC1CCCN(c2ccccc2S(N)(=O)=O)C1. The molecule has 1 saturated heterocycles. The maximum absolute atomic E-state index is 11.7. The van der Waals surface area contributed by atoms with Gasteiger partial charge in [-0.3, -0.25) is 0 Å². The Hall–Kier alpha value is -1.11. The summed E-state index contributed by atoms with van der Waals surface area (Å²) >= 11 is 0. The van der Waals surface area contributed by atoms with E-state index in [0.717, 1.165) is 38.3 Å². The van der Waals surface area contributed by atoms with Crippen molar-refractivity contribution in [2.75, 3.05) is 31.1 Å². The highest BCUT2D eigenvalue weighted by atomic mass is 32.2. The van der Waals surface area contributed by atoms with Crippen molar-refractivity contribution in [1.29, 1.82) is 0 Å². The first-order valence-corrected chi connectivity index (χ1v) is 8.64. The first-order valence-electron chi connectivity index (χ1n) is 7.10. The number of nitrogens with two attached hydrogens (primary N) is 1. The summed E-state index contributed by atoms with van der Waals surface area (Å²) in [4.78, 5) is 2.37. The molecular weight excluding hydrogens is 274 g/mol. The molecule has 20 heavy (non-hydrogen) atoms. The van der Waals surface area contributed by atoms with E-state index in [4.69, 9.17) is 5.14 Å². The second-order valence-corrected chi connectivity index (χ2v) is 6.80. The molecule has 1 fully saturated rings. The van der Waals surface area contributed by atoms with Gasteiger partial charge >= 0.3 is 0 Å². The lowest BCUT2D eigenvalue weighted by Crippen LogP contribution is -2.40. The standard InChI is InChI=1S/C14H23N3O2S/c1-2-16-10-12-6-5-9-17(11-12)13-7-3-4-8-14(13)20(15,18)19/h3-4,7-8,12,16H,2,5-6,9-11H2,1H3,(H2,15,18,19). The van der Waals surface area contributed by atoms with Gasteiger partial charge in [-0.2, -0.15) is 0 Å². The fourth-order valence-corrected chi connectivity index (χ4v) is 3.51. The normalized spacial score (nSPS) is 20.1. The summed E-state index contributed by atoms with van der Waals surface area (Å²) in [7, 11) is -3.67. The molecule has 1 aromatic carbocycles. The van der Waals surface area contributed by atoms with Crippen molar-refractivity contribution in [2.24, 2.45) is 11.1 Å². The minimum absolute atomic E-state index is 0.226. The quantitative estimate of drug-likeness (QED) is 0.855. The summed E-state index contributed by atoms with van der Waals surface area (Å²) in [6.45, 7) is 5.79. The number of rotatable bonds is 5. The van der Waals surface area contributed by atoms with Crippen LogP contribution in [0.3, 0.4) is 0 Å². The molecule has 0 aliphatic carbocycles. The van der Waals surface area contributed by atoms with Crippen LogP contribution in [0.1, 0.15) is 19.8 Å². The van der Waals surface area contributed by atoms with E-state index in [0.29, 0.717) is 5.92 Å². The predicted molar refractivity (Wildman–Crippen MR) is 81.3 cm³/mol. The number of benzene rings is 1. The molecule has 5 nitrogen and oxygen atoms in total. The summed E-state index contributed by atoms with van der Waals surface area (Å²) in [5, 5.41) is 8.68. The number of sulfonamides is 1. The summed E-state index contributed by atoms with van der Waals surface area (Å²) < 4.78 is 23.4. The van der Waals surface area contributed by atoms with Gasteiger partial charge in [0.05, 0.1) is 5.69 Å². The zero-order valence-electron chi connectivity index (χ0n) is 11.9. The fourth-order valence-electron chi connectivity index (χ4n) is 2.76. The molecule has 0 amide bonds. The fraction of sp³-hybridized carbons (Fsp3) is 0.571. The second kappa shape index (κ2) is 6.56. The van der Waals surface area contributed by atoms with Crippen LogP contribution in [0.2, 0.25) is 0 Å². The molecule has 0 aromatic heterocycles. The van der Waals surface area contributed by atoms with E-state index < -0.39 is 10.0 Å². The van der Waals surface area contributed by atoms with Crippen LogP contribution >= 0.6 is 0 Å². The number of nitrogens with zero attached hydrogens (tertiary/aromatic N) is 1. The molecular formula is C14H23N3O2S. The Morgan fingerprint density at radius 3 is 2.85 bits per heavy atom. The summed E-state index contributed by atoms with van der Waals surface area (Å²) in [5.41, 5.74) is 0.733. The van der Waals surface area contributed by atoms with Crippen molar-refractivity contribution in [3.8, 4) is 0 Å². The monoisotopic (exact) mass is 297 g/mol. The molecule has 0 radical (unpaired) electrons. The Kier molecular flexibility index (Phi) is 5.01. The van der Waals surface area contributed by atoms with Crippen LogP contribution in [0.15, 0.2) is 29.2 Å². The molecule has 1 aliphatic rings. The average Bonchev–Trinajstić information content (AvgIpc) is 2.44. The van der Waals surface area contributed by atoms with E-state index in [1.165, 1.54) is 6.42 Å². The summed E-state index contributed by atoms with van der Waals surface area (Å²) in [5.74, 6) is 0.553. The minimum Gasteiger partial charge on any atom is -0.370 e. The number of nitrogens with one attached hydrogen (secondary N) is 1. The molecule has 1 unspecified atom stereocenters. The zero-order chi connectivity index (χ0) is 14.6. The van der Waals surface area contributed by atoms with Gasteiger partial charge in [0.15, 0.2) is 0 Å². The molecule has 0 saturated carbocycles. The van der Waals surface area contributed by atoms with Gasteiger partial charge in [-0.1, -0.05) is 19.1 Å². The Morgan fingerprint density at radius 2 is 2.15 bits per heavy atom. The maximum atomic E-state index is 11.7. The van der Waals surface area contributed by atoms with Crippen molar-refractivity contribution in [3.05, 3.63) is 24.3 Å². The molecule has 1 atom stereocenters. The second-order valence-electron chi connectivity index (χ2n) is 5.27. The van der Waals surface area contributed by atoms with Gasteiger partial charge < -0.3 is 10.2 Å². The number of primary sulfonamides is 1. The van der Waals surface area contributed by atoms with Gasteiger partial charge in [0.2, 0.25) is 10.0 Å².